The van der Waals surface area contributed by atoms with E-state index in [1.807, 2.05) is 59.5 Å². The van der Waals surface area contributed by atoms with Crippen molar-refractivity contribution in [1.82, 2.24) is 4.90 Å². The molecule has 5 heteroatoms. The molecule has 0 bridgehead atoms. The highest BCUT2D eigenvalue weighted by atomic mass is 16.5. The van der Waals surface area contributed by atoms with Crippen molar-refractivity contribution in [3.63, 3.8) is 0 Å². The first-order chi connectivity index (χ1) is 12.7. The van der Waals surface area contributed by atoms with Gasteiger partial charge in [0.15, 0.2) is 0 Å². The third kappa shape index (κ3) is 3.08. The maximum absolute atomic E-state index is 12.9. The largest absolute Gasteiger partial charge is 0.396 e. The molecule has 0 aromatic heterocycles. The average Bonchev–Trinajstić information content (AvgIpc) is 3.09. The summed E-state index contributed by atoms with van der Waals surface area (Å²) >= 11 is 0. The van der Waals surface area contributed by atoms with E-state index in [-0.39, 0.29) is 24.0 Å². The molecule has 0 radical (unpaired) electrons. The zero-order valence-electron chi connectivity index (χ0n) is 14.7. The standard InChI is InChI=1S/C21H24N2O3/c24-15-21-10-11-26-13-17(21)12-23(14-21)20(25)22-19-9-5-4-8-18(19)16-6-2-1-3-7-16/h1-9,17,24H,10-15H2,(H,22,25)/t17-,21-/m1/s1. The first-order valence-electron chi connectivity index (χ1n) is 9.11. The minimum atomic E-state index is -0.214. The fraction of sp³-hybridized carbons (Fsp3) is 0.381. The van der Waals surface area contributed by atoms with Gasteiger partial charge in [-0.05, 0) is 18.1 Å². The molecule has 2 heterocycles. The lowest BCUT2D eigenvalue weighted by Crippen LogP contribution is -2.41. The number of hydrogen-bond acceptors (Lipinski definition) is 3. The number of aliphatic hydroxyl groups is 1. The van der Waals surface area contributed by atoms with Gasteiger partial charge in [-0.2, -0.15) is 0 Å². The number of aliphatic hydroxyl groups excluding tert-OH is 1. The van der Waals surface area contributed by atoms with E-state index in [2.05, 4.69) is 5.32 Å². The highest BCUT2D eigenvalue weighted by molar-refractivity contribution is 5.94. The fourth-order valence-corrected chi connectivity index (χ4v) is 4.12. The lowest BCUT2D eigenvalue weighted by molar-refractivity contribution is -0.0415. The third-order valence-electron chi connectivity index (χ3n) is 5.73. The van der Waals surface area contributed by atoms with E-state index in [1.54, 1.807) is 0 Å². The van der Waals surface area contributed by atoms with Crippen LogP contribution in [0.15, 0.2) is 54.6 Å². The lowest BCUT2D eigenvalue weighted by atomic mass is 9.75. The Kier molecular flexibility index (Phi) is 4.66. The van der Waals surface area contributed by atoms with Crippen molar-refractivity contribution < 1.29 is 14.6 Å². The number of benzene rings is 2. The number of carbonyl (C=O) groups is 1. The van der Waals surface area contributed by atoms with Crippen LogP contribution in [0.25, 0.3) is 11.1 Å². The van der Waals surface area contributed by atoms with Gasteiger partial charge in [0.25, 0.3) is 0 Å². The highest BCUT2D eigenvalue weighted by Crippen LogP contribution is 2.42. The van der Waals surface area contributed by atoms with Crippen LogP contribution in [-0.4, -0.2) is 48.9 Å². The zero-order chi connectivity index (χ0) is 18.0. The van der Waals surface area contributed by atoms with Gasteiger partial charge in [0.05, 0.1) is 18.9 Å². The predicted octanol–water partition coefficient (Wildman–Crippen LogP) is 3.22. The van der Waals surface area contributed by atoms with Gasteiger partial charge in [0.2, 0.25) is 0 Å². The van der Waals surface area contributed by atoms with Crippen LogP contribution >= 0.6 is 0 Å². The smallest absolute Gasteiger partial charge is 0.321 e. The molecule has 2 atom stereocenters. The van der Waals surface area contributed by atoms with Crippen molar-refractivity contribution >= 4 is 11.7 Å². The van der Waals surface area contributed by atoms with Crippen molar-refractivity contribution in [1.29, 1.82) is 0 Å². The van der Waals surface area contributed by atoms with Crippen LogP contribution in [0.5, 0.6) is 0 Å². The summed E-state index contributed by atoms with van der Waals surface area (Å²) in [5.41, 5.74) is 2.65. The number of fused-ring (bicyclic) bond motifs is 1. The quantitative estimate of drug-likeness (QED) is 0.892. The van der Waals surface area contributed by atoms with E-state index < -0.39 is 0 Å². The normalized spacial score (nSPS) is 25.0. The number of urea groups is 1. The van der Waals surface area contributed by atoms with E-state index in [1.165, 1.54) is 0 Å². The monoisotopic (exact) mass is 352 g/mol. The van der Waals surface area contributed by atoms with Crippen molar-refractivity contribution in [2.45, 2.75) is 6.42 Å². The van der Waals surface area contributed by atoms with Crippen LogP contribution in [0, 0.1) is 11.3 Å². The van der Waals surface area contributed by atoms with E-state index in [9.17, 15) is 9.90 Å². The van der Waals surface area contributed by atoms with Gasteiger partial charge >= 0.3 is 6.03 Å². The number of likely N-dealkylation sites (tertiary alicyclic amines) is 1. The van der Waals surface area contributed by atoms with Gasteiger partial charge in [0.1, 0.15) is 0 Å². The van der Waals surface area contributed by atoms with Crippen LogP contribution < -0.4 is 5.32 Å². The molecule has 2 saturated heterocycles. The van der Waals surface area contributed by atoms with Gasteiger partial charge in [-0.15, -0.1) is 0 Å². The molecular weight excluding hydrogens is 328 g/mol. The van der Waals surface area contributed by atoms with E-state index in [4.69, 9.17) is 4.74 Å². The molecule has 136 valence electrons. The number of nitrogens with zero attached hydrogens (tertiary/aromatic N) is 1. The number of para-hydroxylation sites is 1. The topological polar surface area (TPSA) is 61.8 Å². The molecule has 2 amide bonds. The van der Waals surface area contributed by atoms with E-state index in [0.29, 0.717) is 26.3 Å². The fourth-order valence-electron chi connectivity index (χ4n) is 4.12. The van der Waals surface area contributed by atoms with Crippen LogP contribution in [0.2, 0.25) is 0 Å². The summed E-state index contributed by atoms with van der Waals surface area (Å²) in [6.45, 7) is 2.58. The Balaban J connectivity index is 1.53. The minimum absolute atomic E-state index is 0.103. The molecular formula is C21H24N2O3. The van der Waals surface area contributed by atoms with Crippen molar-refractivity contribution in [2.24, 2.45) is 11.3 Å². The Bertz CT molecular complexity index is 780. The number of amides is 2. The van der Waals surface area contributed by atoms with Gasteiger partial charge in [-0.1, -0.05) is 48.5 Å². The number of carbonyl (C=O) groups excluding carboxylic acids is 1. The Morgan fingerprint density at radius 3 is 2.73 bits per heavy atom. The Morgan fingerprint density at radius 2 is 1.96 bits per heavy atom. The molecule has 2 fully saturated rings. The summed E-state index contributed by atoms with van der Waals surface area (Å²) in [6.07, 6.45) is 0.804. The van der Waals surface area contributed by atoms with Gasteiger partial charge < -0.3 is 20.1 Å². The minimum Gasteiger partial charge on any atom is -0.396 e. The maximum Gasteiger partial charge on any atom is 0.321 e. The third-order valence-corrected chi connectivity index (χ3v) is 5.73. The van der Waals surface area contributed by atoms with Crippen LogP contribution in [0.1, 0.15) is 6.42 Å². The molecule has 0 unspecified atom stereocenters. The van der Waals surface area contributed by atoms with E-state index in [0.717, 1.165) is 23.2 Å². The number of nitrogens with one attached hydrogen (secondary N) is 1. The summed E-state index contributed by atoms with van der Waals surface area (Å²) in [5, 5.41) is 13.0. The lowest BCUT2D eigenvalue weighted by Gasteiger charge is -2.36. The van der Waals surface area contributed by atoms with E-state index >= 15 is 0 Å². The van der Waals surface area contributed by atoms with Gasteiger partial charge in [0, 0.05) is 36.6 Å². The van der Waals surface area contributed by atoms with Gasteiger partial charge in [-0.3, -0.25) is 0 Å². The first kappa shape index (κ1) is 17.1. The van der Waals surface area contributed by atoms with Crippen molar-refractivity contribution in [3.05, 3.63) is 54.6 Å². The van der Waals surface area contributed by atoms with Gasteiger partial charge in [-0.25, -0.2) is 4.79 Å². The SMILES string of the molecule is O=C(Nc1ccccc1-c1ccccc1)N1C[C@@H]2COCC[C@]2(CO)C1. The second-order valence-corrected chi connectivity index (χ2v) is 7.26. The van der Waals surface area contributed by atoms with Crippen LogP contribution in [0.3, 0.4) is 0 Å². The molecule has 5 nitrogen and oxygen atoms in total. The highest BCUT2D eigenvalue weighted by Gasteiger charge is 2.49. The van der Waals surface area contributed by atoms with Crippen molar-refractivity contribution in [2.75, 3.05) is 38.2 Å². The Morgan fingerprint density at radius 1 is 1.19 bits per heavy atom. The second-order valence-electron chi connectivity index (χ2n) is 7.26. The molecule has 2 aliphatic rings. The molecule has 2 aliphatic heterocycles. The zero-order valence-corrected chi connectivity index (χ0v) is 14.7. The Labute approximate surface area is 153 Å². The number of hydrogen-bond donors (Lipinski definition) is 2. The number of anilines is 1. The summed E-state index contributed by atoms with van der Waals surface area (Å²) < 4.78 is 5.56. The molecule has 2 aromatic carbocycles. The number of rotatable bonds is 3. The molecule has 0 saturated carbocycles. The maximum atomic E-state index is 12.9. The summed E-state index contributed by atoms with van der Waals surface area (Å²) in [4.78, 5) is 14.7. The first-order valence-corrected chi connectivity index (χ1v) is 9.11. The summed E-state index contributed by atoms with van der Waals surface area (Å²) in [6, 6.07) is 17.7. The summed E-state index contributed by atoms with van der Waals surface area (Å²) in [7, 11) is 0. The average molecular weight is 352 g/mol. The van der Waals surface area contributed by atoms with Crippen LogP contribution in [-0.2, 0) is 4.74 Å². The molecule has 0 spiro atoms. The predicted molar refractivity (Wildman–Crippen MR) is 101 cm³/mol. The summed E-state index contributed by atoms with van der Waals surface area (Å²) in [5.74, 6) is 0.205. The molecule has 2 N–H and O–H groups in total. The second kappa shape index (κ2) is 7.09. The molecule has 26 heavy (non-hydrogen) atoms. The molecule has 4 rings (SSSR count). The number of ether oxygens (including phenoxy) is 1. The van der Waals surface area contributed by atoms with Crippen molar-refractivity contribution in [3.8, 4) is 11.1 Å². The molecule has 0 aliphatic carbocycles. The Hall–Kier alpha value is -2.37. The van der Waals surface area contributed by atoms with Crippen LogP contribution in [0.4, 0.5) is 10.5 Å². The molecule has 2 aromatic rings.